The Labute approximate surface area is 75.0 Å². The highest BCUT2D eigenvalue weighted by Gasteiger charge is 2.00. The summed E-state index contributed by atoms with van der Waals surface area (Å²) in [6.45, 7) is 8.55. The van der Waals surface area contributed by atoms with Gasteiger partial charge in [-0.2, -0.15) is 0 Å². The Morgan fingerprint density at radius 3 is 2.50 bits per heavy atom. The van der Waals surface area contributed by atoms with Gasteiger partial charge in [0, 0.05) is 24.8 Å². The lowest BCUT2D eigenvalue weighted by Crippen LogP contribution is -2.21. The zero-order valence-corrected chi connectivity index (χ0v) is 8.09. The normalized spacial score (nSPS) is 9.92. The van der Waals surface area contributed by atoms with Crippen LogP contribution in [0.25, 0.3) is 0 Å². The summed E-state index contributed by atoms with van der Waals surface area (Å²) in [4.78, 5) is 2.30. The molecule has 0 saturated heterocycles. The molecule has 0 aliphatic heterocycles. The minimum absolute atomic E-state index is 1.05. The molecule has 65 valence electrons. The van der Waals surface area contributed by atoms with Crippen LogP contribution in [0.5, 0.6) is 0 Å². The number of hydrogen-bond acceptors (Lipinski definition) is 1. The highest BCUT2D eigenvalue weighted by Crippen LogP contribution is 2.13. The van der Waals surface area contributed by atoms with E-state index in [4.69, 9.17) is 0 Å². The smallest absolute Gasteiger partial charge is 0.0449 e. The Kier molecular flexibility index (Phi) is 3.15. The van der Waals surface area contributed by atoms with Crippen molar-refractivity contribution in [1.29, 1.82) is 0 Å². The molecule has 12 heavy (non-hydrogen) atoms. The van der Waals surface area contributed by atoms with Crippen molar-refractivity contribution < 1.29 is 0 Å². The van der Waals surface area contributed by atoms with Crippen LogP contribution in [0.1, 0.15) is 19.4 Å². The van der Waals surface area contributed by atoms with Gasteiger partial charge in [-0.05, 0) is 32.4 Å². The molecule has 1 nitrogen and oxygen atoms in total. The molecule has 0 aromatic heterocycles. The predicted octanol–water partition coefficient (Wildman–Crippen LogP) is 2.64. The van der Waals surface area contributed by atoms with E-state index < -0.39 is 0 Å². The molecule has 0 N–H and O–H groups in total. The fraction of sp³-hybridized carbons (Fsp3) is 0.455. The van der Waals surface area contributed by atoms with Crippen molar-refractivity contribution in [3.63, 3.8) is 0 Å². The van der Waals surface area contributed by atoms with E-state index in [1.807, 2.05) is 6.07 Å². The van der Waals surface area contributed by atoms with E-state index in [0.717, 1.165) is 13.1 Å². The van der Waals surface area contributed by atoms with Crippen LogP contribution in [-0.2, 0) is 0 Å². The molecule has 1 aromatic rings. The van der Waals surface area contributed by atoms with Crippen LogP contribution >= 0.6 is 0 Å². The van der Waals surface area contributed by atoms with E-state index in [1.54, 1.807) is 0 Å². The van der Waals surface area contributed by atoms with Crippen LogP contribution in [0.15, 0.2) is 18.2 Å². The van der Waals surface area contributed by atoms with Crippen molar-refractivity contribution in [2.24, 2.45) is 0 Å². The van der Waals surface area contributed by atoms with Gasteiger partial charge in [0.05, 0.1) is 0 Å². The lowest BCUT2D eigenvalue weighted by Gasteiger charge is -2.20. The Hall–Kier alpha value is -0.980. The Bertz CT molecular complexity index is 239. The number of rotatable bonds is 3. The van der Waals surface area contributed by atoms with Gasteiger partial charge in [0.2, 0.25) is 0 Å². The quantitative estimate of drug-likeness (QED) is 0.660. The summed E-state index contributed by atoms with van der Waals surface area (Å²) >= 11 is 0. The molecule has 0 atom stereocenters. The molecular formula is C11H16N. The van der Waals surface area contributed by atoms with Crippen LogP contribution in [0.3, 0.4) is 0 Å². The van der Waals surface area contributed by atoms with Gasteiger partial charge in [-0.15, -0.1) is 0 Å². The largest absolute Gasteiger partial charge is 0.372 e. The van der Waals surface area contributed by atoms with Crippen molar-refractivity contribution in [2.75, 3.05) is 18.0 Å². The van der Waals surface area contributed by atoms with Crippen LogP contribution in [0.4, 0.5) is 5.69 Å². The maximum absolute atomic E-state index is 3.24. The van der Waals surface area contributed by atoms with Gasteiger partial charge in [-0.1, -0.05) is 12.1 Å². The molecular weight excluding hydrogens is 146 g/mol. The molecule has 0 unspecified atom stereocenters. The fourth-order valence-electron chi connectivity index (χ4n) is 1.31. The maximum atomic E-state index is 3.24. The third-order valence-electron chi connectivity index (χ3n) is 2.05. The first-order valence-electron chi connectivity index (χ1n) is 4.51. The van der Waals surface area contributed by atoms with E-state index in [0.29, 0.717) is 0 Å². The maximum Gasteiger partial charge on any atom is 0.0449 e. The molecule has 0 amide bonds. The van der Waals surface area contributed by atoms with Gasteiger partial charge in [-0.3, -0.25) is 0 Å². The first kappa shape index (κ1) is 9.11. The summed E-state index contributed by atoms with van der Waals surface area (Å²) in [5.74, 6) is 0. The van der Waals surface area contributed by atoms with Crippen molar-refractivity contribution in [1.82, 2.24) is 0 Å². The molecule has 0 fully saturated rings. The molecule has 1 aromatic carbocycles. The van der Waals surface area contributed by atoms with E-state index in [2.05, 4.69) is 43.9 Å². The summed E-state index contributed by atoms with van der Waals surface area (Å²) in [6.07, 6.45) is 0. The topological polar surface area (TPSA) is 3.24 Å². The third kappa shape index (κ3) is 2.00. The minimum atomic E-state index is 1.05. The highest BCUT2D eigenvalue weighted by atomic mass is 15.1. The predicted molar refractivity (Wildman–Crippen MR) is 53.6 cm³/mol. The monoisotopic (exact) mass is 162 g/mol. The van der Waals surface area contributed by atoms with Gasteiger partial charge >= 0.3 is 0 Å². The molecule has 1 rings (SSSR count). The van der Waals surface area contributed by atoms with Crippen molar-refractivity contribution in [3.8, 4) is 0 Å². The van der Waals surface area contributed by atoms with Gasteiger partial charge in [-0.25, -0.2) is 0 Å². The number of hydrogen-bond donors (Lipinski definition) is 0. The summed E-state index contributed by atoms with van der Waals surface area (Å²) < 4.78 is 0. The van der Waals surface area contributed by atoms with Crippen LogP contribution in [0, 0.1) is 13.0 Å². The SMILES string of the molecule is CCN(CC)c1[c]ccc(C)c1. The zero-order chi connectivity index (χ0) is 8.97. The van der Waals surface area contributed by atoms with E-state index in [9.17, 15) is 0 Å². The lowest BCUT2D eigenvalue weighted by atomic mass is 10.2. The summed E-state index contributed by atoms with van der Waals surface area (Å²) in [5.41, 5.74) is 2.51. The molecule has 1 radical (unpaired) electrons. The Morgan fingerprint density at radius 2 is 2.00 bits per heavy atom. The van der Waals surface area contributed by atoms with Gasteiger partial charge < -0.3 is 4.90 Å². The van der Waals surface area contributed by atoms with Crippen molar-refractivity contribution in [2.45, 2.75) is 20.8 Å². The molecule has 0 spiro atoms. The van der Waals surface area contributed by atoms with Crippen LogP contribution < -0.4 is 4.90 Å². The summed E-state index contributed by atoms with van der Waals surface area (Å²) in [7, 11) is 0. The average Bonchev–Trinajstić information content (AvgIpc) is 2.07. The van der Waals surface area contributed by atoms with E-state index in [1.165, 1.54) is 11.3 Å². The number of aryl methyl sites for hydroxylation is 1. The molecule has 0 heterocycles. The Balaban J connectivity index is 2.85. The van der Waals surface area contributed by atoms with E-state index in [-0.39, 0.29) is 0 Å². The summed E-state index contributed by atoms with van der Waals surface area (Å²) in [5, 5.41) is 0. The molecule has 0 aliphatic rings. The minimum Gasteiger partial charge on any atom is -0.372 e. The number of benzene rings is 1. The third-order valence-corrected chi connectivity index (χ3v) is 2.05. The van der Waals surface area contributed by atoms with E-state index >= 15 is 0 Å². The van der Waals surface area contributed by atoms with Crippen molar-refractivity contribution in [3.05, 3.63) is 29.8 Å². The average molecular weight is 162 g/mol. The molecule has 1 heteroatoms. The molecule has 0 aliphatic carbocycles. The van der Waals surface area contributed by atoms with Gasteiger partial charge in [0.25, 0.3) is 0 Å². The zero-order valence-electron chi connectivity index (χ0n) is 8.09. The standard InChI is InChI=1S/C11H16N/c1-4-12(5-2)11-8-6-7-10(3)9-11/h6-7,9H,4-5H2,1-3H3. The van der Waals surface area contributed by atoms with Crippen molar-refractivity contribution >= 4 is 5.69 Å². The van der Waals surface area contributed by atoms with Crippen LogP contribution in [0.2, 0.25) is 0 Å². The van der Waals surface area contributed by atoms with Crippen LogP contribution in [-0.4, -0.2) is 13.1 Å². The summed E-state index contributed by atoms with van der Waals surface area (Å²) in [6, 6.07) is 9.48. The lowest BCUT2D eigenvalue weighted by molar-refractivity contribution is 0.865. The second-order valence-corrected chi connectivity index (χ2v) is 2.92. The molecule has 0 bridgehead atoms. The first-order valence-corrected chi connectivity index (χ1v) is 4.51. The first-order chi connectivity index (χ1) is 5.77. The number of anilines is 1. The number of nitrogens with zero attached hydrogens (tertiary/aromatic N) is 1. The second kappa shape index (κ2) is 4.15. The van der Waals surface area contributed by atoms with Gasteiger partial charge in [0.15, 0.2) is 0 Å². The van der Waals surface area contributed by atoms with Gasteiger partial charge in [0.1, 0.15) is 0 Å². The highest BCUT2D eigenvalue weighted by molar-refractivity contribution is 5.46. The Morgan fingerprint density at radius 1 is 1.33 bits per heavy atom. The molecule has 0 saturated carbocycles. The second-order valence-electron chi connectivity index (χ2n) is 2.92. The fourth-order valence-corrected chi connectivity index (χ4v) is 1.31.